The predicted molar refractivity (Wildman–Crippen MR) is 42.0 cm³/mol. The van der Waals surface area contributed by atoms with Gasteiger partial charge in [0, 0.05) is 6.20 Å². The first-order chi connectivity index (χ1) is 5.59. The Morgan fingerprint density at radius 3 is 2.83 bits per heavy atom. The number of hydrogen-bond acceptors (Lipinski definition) is 3. The van der Waals surface area contributed by atoms with Gasteiger partial charge in [-0.05, 0) is 18.6 Å². The van der Waals surface area contributed by atoms with Gasteiger partial charge >= 0.3 is 5.97 Å². The van der Waals surface area contributed by atoms with Crippen LogP contribution in [0.4, 0.5) is 0 Å². The van der Waals surface area contributed by atoms with Crippen LogP contribution in [0, 0.1) is 6.92 Å². The van der Waals surface area contributed by atoms with Gasteiger partial charge in [0.15, 0.2) is 0 Å². The van der Waals surface area contributed by atoms with Crippen molar-refractivity contribution >= 4 is 5.97 Å². The predicted octanol–water partition coefficient (Wildman–Crippen LogP) is 0.723. The maximum atomic E-state index is 10.3. The SMILES string of the molecule is Cc1ncc(CC(=O)O)cc1O. The smallest absolute Gasteiger partial charge is 0.307 e. The second-order valence-electron chi connectivity index (χ2n) is 2.52. The second-order valence-corrected chi connectivity index (χ2v) is 2.52. The Kier molecular flexibility index (Phi) is 2.28. The number of aliphatic carboxylic acids is 1. The number of aromatic nitrogens is 1. The van der Waals surface area contributed by atoms with Crippen LogP contribution >= 0.6 is 0 Å². The number of pyridine rings is 1. The molecule has 0 radical (unpaired) electrons. The third-order valence-corrected chi connectivity index (χ3v) is 1.47. The summed E-state index contributed by atoms with van der Waals surface area (Å²) in [7, 11) is 0. The average Bonchev–Trinajstić information content (AvgIpc) is 1.96. The van der Waals surface area contributed by atoms with Crippen LogP contribution in [0.1, 0.15) is 11.3 Å². The molecule has 64 valence electrons. The highest BCUT2D eigenvalue weighted by Crippen LogP contribution is 2.14. The largest absolute Gasteiger partial charge is 0.506 e. The Morgan fingerprint density at radius 1 is 1.67 bits per heavy atom. The third-order valence-electron chi connectivity index (χ3n) is 1.47. The van der Waals surface area contributed by atoms with Gasteiger partial charge in [-0.15, -0.1) is 0 Å². The fourth-order valence-electron chi connectivity index (χ4n) is 0.834. The highest BCUT2D eigenvalue weighted by Gasteiger charge is 2.03. The minimum Gasteiger partial charge on any atom is -0.506 e. The number of rotatable bonds is 2. The van der Waals surface area contributed by atoms with Crippen LogP contribution in [0.15, 0.2) is 12.3 Å². The summed E-state index contributed by atoms with van der Waals surface area (Å²) in [5.41, 5.74) is 1.01. The van der Waals surface area contributed by atoms with E-state index in [0.29, 0.717) is 11.3 Å². The van der Waals surface area contributed by atoms with E-state index in [1.807, 2.05) is 0 Å². The van der Waals surface area contributed by atoms with E-state index in [2.05, 4.69) is 4.98 Å². The van der Waals surface area contributed by atoms with Gasteiger partial charge in [0.05, 0.1) is 12.1 Å². The number of aromatic hydroxyl groups is 1. The lowest BCUT2D eigenvalue weighted by Gasteiger charge is -1.99. The number of carboxylic acids is 1. The van der Waals surface area contributed by atoms with Crippen LogP contribution in [-0.2, 0) is 11.2 Å². The molecule has 0 saturated carbocycles. The molecule has 0 fully saturated rings. The van der Waals surface area contributed by atoms with Crippen molar-refractivity contribution < 1.29 is 15.0 Å². The van der Waals surface area contributed by atoms with E-state index >= 15 is 0 Å². The fraction of sp³-hybridized carbons (Fsp3) is 0.250. The first kappa shape index (κ1) is 8.52. The molecule has 1 heterocycles. The van der Waals surface area contributed by atoms with E-state index in [1.54, 1.807) is 6.92 Å². The molecule has 0 bridgehead atoms. The molecule has 2 N–H and O–H groups in total. The summed E-state index contributed by atoms with van der Waals surface area (Å²) in [5, 5.41) is 17.6. The van der Waals surface area contributed by atoms with Crippen molar-refractivity contribution in [3.63, 3.8) is 0 Å². The Balaban J connectivity index is 2.89. The molecule has 0 aromatic carbocycles. The molecule has 0 saturated heterocycles. The van der Waals surface area contributed by atoms with Crippen molar-refractivity contribution in [2.75, 3.05) is 0 Å². The zero-order valence-electron chi connectivity index (χ0n) is 6.61. The summed E-state index contributed by atoms with van der Waals surface area (Å²) < 4.78 is 0. The number of carbonyl (C=O) groups is 1. The van der Waals surface area contributed by atoms with Crippen molar-refractivity contribution in [2.45, 2.75) is 13.3 Å². The first-order valence-corrected chi connectivity index (χ1v) is 3.46. The van der Waals surface area contributed by atoms with E-state index < -0.39 is 5.97 Å². The lowest BCUT2D eigenvalue weighted by Crippen LogP contribution is -2.00. The van der Waals surface area contributed by atoms with Gasteiger partial charge in [0.1, 0.15) is 5.75 Å². The monoisotopic (exact) mass is 167 g/mol. The van der Waals surface area contributed by atoms with Gasteiger partial charge in [-0.3, -0.25) is 9.78 Å². The molecule has 4 nitrogen and oxygen atoms in total. The van der Waals surface area contributed by atoms with Gasteiger partial charge in [-0.1, -0.05) is 0 Å². The van der Waals surface area contributed by atoms with E-state index in [4.69, 9.17) is 10.2 Å². The van der Waals surface area contributed by atoms with E-state index in [0.717, 1.165) is 0 Å². The Labute approximate surface area is 69.5 Å². The van der Waals surface area contributed by atoms with Crippen LogP contribution in [0.2, 0.25) is 0 Å². The van der Waals surface area contributed by atoms with Gasteiger partial charge in [-0.25, -0.2) is 0 Å². The molecular weight excluding hydrogens is 158 g/mol. The van der Waals surface area contributed by atoms with Crippen molar-refractivity contribution in [1.29, 1.82) is 0 Å². The summed E-state index contributed by atoms with van der Waals surface area (Å²) in [6.45, 7) is 1.65. The normalized spacial score (nSPS) is 9.75. The second kappa shape index (κ2) is 3.21. The summed E-state index contributed by atoms with van der Waals surface area (Å²) in [5.74, 6) is -0.895. The van der Waals surface area contributed by atoms with E-state index in [-0.39, 0.29) is 12.2 Å². The number of aryl methyl sites for hydroxylation is 1. The molecule has 0 unspecified atom stereocenters. The fourth-order valence-corrected chi connectivity index (χ4v) is 0.834. The van der Waals surface area contributed by atoms with Crippen molar-refractivity contribution in [3.05, 3.63) is 23.5 Å². The van der Waals surface area contributed by atoms with Gasteiger partial charge in [0.25, 0.3) is 0 Å². The maximum Gasteiger partial charge on any atom is 0.307 e. The maximum absolute atomic E-state index is 10.3. The quantitative estimate of drug-likeness (QED) is 0.681. The Morgan fingerprint density at radius 2 is 2.33 bits per heavy atom. The summed E-state index contributed by atoms with van der Waals surface area (Å²) in [6.07, 6.45) is 1.34. The molecule has 0 amide bonds. The van der Waals surface area contributed by atoms with Crippen LogP contribution in [0.25, 0.3) is 0 Å². The number of hydrogen-bond donors (Lipinski definition) is 2. The molecule has 0 spiro atoms. The van der Waals surface area contributed by atoms with Crippen molar-refractivity contribution in [3.8, 4) is 5.75 Å². The van der Waals surface area contributed by atoms with Crippen molar-refractivity contribution in [1.82, 2.24) is 4.98 Å². The highest BCUT2D eigenvalue weighted by molar-refractivity contribution is 5.70. The molecule has 0 atom stereocenters. The molecule has 1 aromatic rings. The Bertz CT molecular complexity index is 309. The molecule has 0 aliphatic rings. The summed E-state index contributed by atoms with van der Waals surface area (Å²) in [6, 6.07) is 1.41. The lowest BCUT2D eigenvalue weighted by molar-refractivity contribution is -0.136. The summed E-state index contributed by atoms with van der Waals surface area (Å²) >= 11 is 0. The molecule has 0 aliphatic heterocycles. The molecule has 0 aliphatic carbocycles. The molecule has 1 aromatic heterocycles. The van der Waals surface area contributed by atoms with Crippen LogP contribution in [0.3, 0.4) is 0 Å². The van der Waals surface area contributed by atoms with Gasteiger partial charge < -0.3 is 10.2 Å². The standard InChI is InChI=1S/C8H9NO3/c1-5-7(10)2-6(4-9-5)3-8(11)12/h2,4,10H,3H2,1H3,(H,11,12). The third kappa shape index (κ3) is 1.95. The number of carboxylic acid groups (broad SMARTS) is 1. The Hall–Kier alpha value is -1.58. The highest BCUT2D eigenvalue weighted by atomic mass is 16.4. The van der Waals surface area contributed by atoms with Gasteiger partial charge in [0.2, 0.25) is 0 Å². The van der Waals surface area contributed by atoms with Crippen LogP contribution < -0.4 is 0 Å². The average molecular weight is 167 g/mol. The van der Waals surface area contributed by atoms with E-state index in [1.165, 1.54) is 12.3 Å². The zero-order chi connectivity index (χ0) is 9.14. The van der Waals surface area contributed by atoms with Crippen LogP contribution in [0.5, 0.6) is 5.75 Å². The molecular formula is C8H9NO3. The minimum atomic E-state index is -0.931. The molecule has 12 heavy (non-hydrogen) atoms. The van der Waals surface area contributed by atoms with Crippen molar-refractivity contribution in [2.24, 2.45) is 0 Å². The zero-order valence-corrected chi connectivity index (χ0v) is 6.61. The minimum absolute atomic E-state index is 0.0359. The topological polar surface area (TPSA) is 70.4 Å². The molecule has 4 heteroatoms. The van der Waals surface area contributed by atoms with Crippen LogP contribution in [-0.4, -0.2) is 21.2 Å². The summed E-state index contributed by atoms with van der Waals surface area (Å²) in [4.78, 5) is 14.1. The first-order valence-electron chi connectivity index (χ1n) is 3.46. The van der Waals surface area contributed by atoms with Gasteiger partial charge in [-0.2, -0.15) is 0 Å². The van der Waals surface area contributed by atoms with E-state index in [9.17, 15) is 4.79 Å². The lowest BCUT2D eigenvalue weighted by atomic mass is 10.2. The molecule has 1 rings (SSSR count). The number of nitrogens with zero attached hydrogens (tertiary/aromatic N) is 1.